The topological polar surface area (TPSA) is 87.4 Å². The molecule has 0 amide bonds. The third kappa shape index (κ3) is 2.76. The van der Waals surface area contributed by atoms with Gasteiger partial charge < -0.3 is 10.2 Å². The number of hydrogen-bond acceptors (Lipinski definition) is 7. The number of rotatable bonds is 4. The van der Waals surface area contributed by atoms with Crippen molar-refractivity contribution in [1.29, 1.82) is 0 Å². The normalized spacial score (nSPS) is 19.6. The molecular weight excluding hydrogens is 272 g/mol. The fourth-order valence-corrected chi connectivity index (χ4v) is 2.84. The number of aryl methyl sites for hydroxylation is 1. The third-order valence-corrected chi connectivity index (χ3v) is 4.12. The third-order valence-electron chi connectivity index (χ3n) is 4.12. The van der Waals surface area contributed by atoms with E-state index >= 15 is 0 Å². The molecule has 0 radical (unpaired) electrons. The predicted molar refractivity (Wildman–Crippen MR) is 79.8 cm³/mol. The second-order valence-corrected chi connectivity index (χ2v) is 5.57. The molecule has 1 N–H and O–H groups in total. The number of nitrogens with zero attached hydrogens (tertiary/aromatic N) is 5. The van der Waals surface area contributed by atoms with Crippen LogP contribution in [0.2, 0.25) is 0 Å². The Labute approximate surface area is 123 Å². The lowest BCUT2D eigenvalue weighted by Gasteiger charge is -2.35. The summed E-state index contributed by atoms with van der Waals surface area (Å²) >= 11 is 0. The summed E-state index contributed by atoms with van der Waals surface area (Å²) in [6, 6.07) is 0.738. The summed E-state index contributed by atoms with van der Waals surface area (Å²) in [6.07, 6.45) is 2.58. The van der Waals surface area contributed by atoms with Crippen LogP contribution in [0.1, 0.15) is 18.5 Å². The zero-order valence-corrected chi connectivity index (χ0v) is 12.4. The second kappa shape index (κ2) is 5.44. The van der Waals surface area contributed by atoms with Crippen molar-refractivity contribution in [3.63, 3.8) is 0 Å². The van der Waals surface area contributed by atoms with Crippen molar-refractivity contribution in [3.8, 4) is 0 Å². The lowest BCUT2D eigenvalue weighted by atomic mass is 10.2. The smallest absolute Gasteiger partial charge is 0.332 e. The molecule has 8 heteroatoms. The van der Waals surface area contributed by atoms with E-state index in [1.54, 1.807) is 14.0 Å². The number of hydrogen-bond donors (Lipinski definition) is 1. The molecule has 0 unspecified atom stereocenters. The molecule has 114 valence electrons. The maximum Gasteiger partial charge on any atom is 0.332 e. The van der Waals surface area contributed by atoms with Crippen LogP contribution in [0.25, 0.3) is 0 Å². The Bertz CT molecular complexity index is 552. The van der Waals surface area contributed by atoms with Gasteiger partial charge in [0.25, 0.3) is 0 Å². The van der Waals surface area contributed by atoms with Crippen LogP contribution in [0, 0.1) is 17.0 Å². The van der Waals surface area contributed by atoms with Gasteiger partial charge in [0.1, 0.15) is 5.69 Å². The van der Waals surface area contributed by atoms with Crippen molar-refractivity contribution < 1.29 is 4.92 Å². The van der Waals surface area contributed by atoms with E-state index in [0.29, 0.717) is 17.5 Å². The summed E-state index contributed by atoms with van der Waals surface area (Å²) in [5, 5.41) is 14.2. The van der Waals surface area contributed by atoms with Crippen molar-refractivity contribution in [1.82, 2.24) is 14.9 Å². The minimum absolute atomic E-state index is 0.0221. The molecule has 2 aliphatic rings. The highest BCUT2D eigenvalue weighted by Gasteiger charge is 2.34. The Morgan fingerprint density at radius 3 is 2.43 bits per heavy atom. The van der Waals surface area contributed by atoms with Crippen LogP contribution in [-0.4, -0.2) is 59.1 Å². The number of anilines is 2. The average Bonchev–Trinajstić information content (AvgIpc) is 3.30. The van der Waals surface area contributed by atoms with Gasteiger partial charge in [-0.05, 0) is 19.8 Å². The molecule has 1 aliphatic heterocycles. The highest BCUT2D eigenvalue weighted by atomic mass is 16.6. The standard InChI is InChI=1S/C13H20N6O2/c1-9-11(19(20)21)12(16-13(14-2)15-9)18-7-5-17(6-8-18)10-3-4-10/h10H,3-8H2,1-2H3,(H,14,15,16). The van der Waals surface area contributed by atoms with Crippen molar-refractivity contribution in [2.45, 2.75) is 25.8 Å². The van der Waals surface area contributed by atoms with Crippen LogP contribution in [0.5, 0.6) is 0 Å². The van der Waals surface area contributed by atoms with Gasteiger partial charge in [-0.2, -0.15) is 4.98 Å². The summed E-state index contributed by atoms with van der Waals surface area (Å²) in [5.74, 6) is 0.866. The summed E-state index contributed by atoms with van der Waals surface area (Å²) in [4.78, 5) is 23.9. The Kier molecular flexibility index (Phi) is 3.62. The minimum Gasteiger partial charge on any atom is -0.357 e. The summed E-state index contributed by atoms with van der Waals surface area (Å²) < 4.78 is 0. The van der Waals surface area contributed by atoms with E-state index in [2.05, 4.69) is 20.2 Å². The van der Waals surface area contributed by atoms with Gasteiger partial charge in [-0.1, -0.05) is 0 Å². The van der Waals surface area contributed by atoms with E-state index < -0.39 is 0 Å². The maximum atomic E-state index is 11.3. The van der Waals surface area contributed by atoms with E-state index in [0.717, 1.165) is 32.2 Å². The van der Waals surface area contributed by atoms with Gasteiger partial charge in [0.2, 0.25) is 11.8 Å². The number of nitro groups is 1. The molecule has 1 saturated carbocycles. The van der Waals surface area contributed by atoms with Gasteiger partial charge >= 0.3 is 5.69 Å². The Balaban J connectivity index is 1.86. The van der Waals surface area contributed by atoms with Crippen LogP contribution in [0.15, 0.2) is 0 Å². The minimum atomic E-state index is -0.378. The molecule has 0 atom stereocenters. The van der Waals surface area contributed by atoms with Gasteiger partial charge in [0.15, 0.2) is 0 Å². The van der Waals surface area contributed by atoms with Crippen LogP contribution in [0.3, 0.4) is 0 Å². The summed E-state index contributed by atoms with van der Waals surface area (Å²) in [5.41, 5.74) is 0.424. The van der Waals surface area contributed by atoms with Gasteiger partial charge in [-0.25, -0.2) is 4.98 Å². The highest BCUT2D eigenvalue weighted by Crippen LogP contribution is 2.32. The Hall–Kier alpha value is -1.96. The maximum absolute atomic E-state index is 11.3. The van der Waals surface area contributed by atoms with E-state index in [1.165, 1.54) is 12.8 Å². The van der Waals surface area contributed by atoms with Crippen molar-refractivity contribution in [2.75, 3.05) is 43.4 Å². The van der Waals surface area contributed by atoms with Crippen LogP contribution >= 0.6 is 0 Å². The van der Waals surface area contributed by atoms with Crippen LogP contribution < -0.4 is 10.2 Å². The molecule has 3 rings (SSSR count). The molecule has 2 fully saturated rings. The van der Waals surface area contributed by atoms with Crippen LogP contribution in [0.4, 0.5) is 17.5 Å². The van der Waals surface area contributed by atoms with Crippen molar-refractivity contribution in [2.24, 2.45) is 0 Å². The summed E-state index contributed by atoms with van der Waals surface area (Å²) in [6.45, 7) is 5.10. The first-order chi connectivity index (χ1) is 10.1. The SMILES string of the molecule is CNc1nc(C)c([N+](=O)[O-])c(N2CCN(C3CC3)CC2)n1. The Morgan fingerprint density at radius 1 is 1.24 bits per heavy atom. The molecule has 0 aromatic carbocycles. The first-order valence-electron chi connectivity index (χ1n) is 7.30. The van der Waals surface area contributed by atoms with E-state index in [-0.39, 0.29) is 10.6 Å². The quantitative estimate of drug-likeness (QED) is 0.654. The molecular formula is C13H20N6O2. The fraction of sp³-hybridized carbons (Fsp3) is 0.692. The van der Waals surface area contributed by atoms with Gasteiger partial charge in [-0.3, -0.25) is 15.0 Å². The fourth-order valence-electron chi connectivity index (χ4n) is 2.84. The molecule has 2 heterocycles. The number of aromatic nitrogens is 2. The molecule has 1 saturated heterocycles. The second-order valence-electron chi connectivity index (χ2n) is 5.57. The first-order valence-corrected chi connectivity index (χ1v) is 7.30. The average molecular weight is 292 g/mol. The van der Waals surface area contributed by atoms with Crippen molar-refractivity contribution >= 4 is 17.5 Å². The molecule has 1 aromatic rings. The van der Waals surface area contributed by atoms with Gasteiger partial charge in [0.05, 0.1) is 4.92 Å². The molecule has 0 spiro atoms. The molecule has 21 heavy (non-hydrogen) atoms. The Morgan fingerprint density at radius 2 is 1.90 bits per heavy atom. The number of nitrogens with one attached hydrogen (secondary N) is 1. The van der Waals surface area contributed by atoms with Gasteiger partial charge in [0, 0.05) is 39.3 Å². The molecule has 8 nitrogen and oxygen atoms in total. The zero-order valence-electron chi connectivity index (χ0n) is 12.4. The van der Waals surface area contributed by atoms with E-state index in [9.17, 15) is 10.1 Å². The lowest BCUT2D eigenvalue weighted by molar-refractivity contribution is -0.385. The molecule has 0 bridgehead atoms. The highest BCUT2D eigenvalue weighted by molar-refractivity contribution is 5.62. The first kappa shape index (κ1) is 14.0. The molecule has 1 aliphatic carbocycles. The monoisotopic (exact) mass is 292 g/mol. The van der Waals surface area contributed by atoms with E-state index in [4.69, 9.17) is 0 Å². The zero-order chi connectivity index (χ0) is 15.0. The van der Waals surface area contributed by atoms with E-state index in [1.807, 2.05) is 4.90 Å². The lowest BCUT2D eigenvalue weighted by Crippen LogP contribution is -2.47. The van der Waals surface area contributed by atoms with Crippen LogP contribution in [-0.2, 0) is 0 Å². The number of piperazine rings is 1. The largest absolute Gasteiger partial charge is 0.357 e. The molecule has 1 aromatic heterocycles. The summed E-state index contributed by atoms with van der Waals surface area (Å²) in [7, 11) is 1.72. The van der Waals surface area contributed by atoms with Gasteiger partial charge in [-0.15, -0.1) is 0 Å². The predicted octanol–water partition coefficient (Wildman–Crippen LogP) is 1.02. The van der Waals surface area contributed by atoms with Crippen molar-refractivity contribution in [3.05, 3.63) is 15.8 Å².